The standard InChI is InChI=1S/C10H14F3N3O/c1-2-7-8(14)15-6-16-9(7)17-5-3-4-10(11,12)13/h6H,2-5H2,1H3,(H2,14,15,16). The van der Waals surface area contributed by atoms with Crippen molar-refractivity contribution in [3.8, 4) is 5.88 Å². The number of anilines is 1. The van der Waals surface area contributed by atoms with Crippen molar-refractivity contribution in [1.82, 2.24) is 9.97 Å². The van der Waals surface area contributed by atoms with Gasteiger partial charge in [-0.1, -0.05) is 6.92 Å². The van der Waals surface area contributed by atoms with Crippen LogP contribution in [0.5, 0.6) is 5.88 Å². The Morgan fingerprint density at radius 3 is 2.65 bits per heavy atom. The number of rotatable bonds is 5. The summed E-state index contributed by atoms with van der Waals surface area (Å²) >= 11 is 0. The van der Waals surface area contributed by atoms with Crippen molar-refractivity contribution in [3.05, 3.63) is 11.9 Å². The Hall–Kier alpha value is -1.53. The molecule has 0 aliphatic rings. The number of nitrogens with zero attached hydrogens (tertiary/aromatic N) is 2. The summed E-state index contributed by atoms with van der Waals surface area (Å²) in [5.74, 6) is 0.565. The summed E-state index contributed by atoms with van der Waals surface area (Å²) < 4.78 is 40.8. The highest BCUT2D eigenvalue weighted by Gasteiger charge is 2.26. The molecular formula is C10H14F3N3O. The van der Waals surface area contributed by atoms with Gasteiger partial charge < -0.3 is 10.5 Å². The molecule has 1 aromatic heterocycles. The Kier molecular flexibility index (Phi) is 4.53. The fraction of sp³-hybridized carbons (Fsp3) is 0.600. The van der Waals surface area contributed by atoms with E-state index in [0.717, 1.165) is 0 Å². The van der Waals surface area contributed by atoms with E-state index >= 15 is 0 Å². The fourth-order valence-corrected chi connectivity index (χ4v) is 1.31. The summed E-state index contributed by atoms with van der Waals surface area (Å²) in [5, 5.41) is 0. The second kappa shape index (κ2) is 5.70. The highest BCUT2D eigenvalue weighted by molar-refractivity contribution is 5.44. The van der Waals surface area contributed by atoms with Crippen LogP contribution < -0.4 is 10.5 Å². The van der Waals surface area contributed by atoms with E-state index in [1.807, 2.05) is 6.92 Å². The van der Waals surface area contributed by atoms with E-state index in [4.69, 9.17) is 10.5 Å². The Balaban J connectivity index is 2.49. The van der Waals surface area contributed by atoms with Gasteiger partial charge in [-0.25, -0.2) is 9.97 Å². The largest absolute Gasteiger partial charge is 0.477 e. The zero-order valence-corrected chi connectivity index (χ0v) is 9.42. The van der Waals surface area contributed by atoms with Crippen molar-refractivity contribution in [2.75, 3.05) is 12.3 Å². The fourth-order valence-electron chi connectivity index (χ4n) is 1.31. The van der Waals surface area contributed by atoms with Gasteiger partial charge in [-0.2, -0.15) is 13.2 Å². The molecule has 0 aromatic carbocycles. The molecule has 0 aliphatic heterocycles. The monoisotopic (exact) mass is 249 g/mol. The molecule has 1 heterocycles. The van der Waals surface area contributed by atoms with Crippen LogP contribution in [0.1, 0.15) is 25.3 Å². The van der Waals surface area contributed by atoms with E-state index in [1.54, 1.807) is 0 Å². The minimum absolute atomic E-state index is 0.0387. The predicted octanol–water partition coefficient (Wildman–Crippen LogP) is 2.34. The first-order chi connectivity index (χ1) is 7.94. The zero-order chi connectivity index (χ0) is 12.9. The van der Waals surface area contributed by atoms with Gasteiger partial charge in [0.05, 0.1) is 12.2 Å². The lowest BCUT2D eigenvalue weighted by Gasteiger charge is -2.10. The highest BCUT2D eigenvalue weighted by Crippen LogP contribution is 2.23. The van der Waals surface area contributed by atoms with E-state index < -0.39 is 12.6 Å². The molecule has 0 spiro atoms. The van der Waals surface area contributed by atoms with Crippen molar-refractivity contribution >= 4 is 5.82 Å². The molecule has 17 heavy (non-hydrogen) atoms. The smallest absolute Gasteiger partial charge is 0.389 e. The van der Waals surface area contributed by atoms with Crippen LogP contribution in [-0.2, 0) is 6.42 Å². The van der Waals surface area contributed by atoms with Gasteiger partial charge in [-0.05, 0) is 12.8 Å². The van der Waals surface area contributed by atoms with Crippen LogP contribution in [0.15, 0.2) is 6.33 Å². The van der Waals surface area contributed by atoms with Gasteiger partial charge in [0.15, 0.2) is 0 Å². The maximum atomic E-state index is 11.9. The van der Waals surface area contributed by atoms with Crippen LogP contribution in [0.4, 0.5) is 19.0 Å². The second-order valence-electron chi connectivity index (χ2n) is 3.46. The van der Waals surface area contributed by atoms with E-state index in [2.05, 4.69) is 9.97 Å². The molecule has 0 saturated carbocycles. The summed E-state index contributed by atoms with van der Waals surface area (Å²) in [6.07, 6.45) is -3.32. The van der Waals surface area contributed by atoms with Gasteiger partial charge >= 0.3 is 6.18 Å². The normalized spacial score (nSPS) is 11.5. The molecule has 0 unspecified atom stereocenters. The average Bonchev–Trinajstić information content (AvgIpc) is 2.23. The second-order valence-corrected chi connectivity index (χ2v) is 3.46. The van der Waals surface area contributed by atoms with Crippen LogP contribution in [-0.4, -0.2) is 22.8 Å². The van der Waals surface area contributed by atoms with Gasteiger partial charge in [0, 0.05) is 6.42 Å². The first-order valence-corrected chi connectivity index (χ1v) is 5.23. The Labute approximate surface area is 97.0 Å². The van der Waals surface area contributed by atoms with Crippen LogP contribution in [0, 0.1) is 0 Å². The van der Waals surface area contributed by atoms with Crippen molar-refractivity contribution < 1.29 is 17.9 Å². The van der Waals surface area contributed by atoms with E-state index in [9.17, 15) is 13.2 Å². The van der Waals surface area contributed by atoms with Gasteiger partial charge in [-0.15, -0.1) is 0 Å². The first kappa shape index (κ1) is 13.5. The molecule has 1 rings (SSSR count). The predicted molar refractivity (Wildman–Crippen MR) is 56.6 cm³/mol. The molecule has 0 aliphatic carbocycles. The van der Waals surface area contributed by atoms with Crippen molar-refractivity contribution in [2.24, 2.45) is 0 Å². The van der Waals surface area contributed by atoms with Crippen LogP contribution in [0.3, 0.4) is 0 Å². The summed E-state index contributed by atoms with van der Waals surface area (Å²) in [4.78, 5) is 7.63. The lowest BCUT2D eigenvalue weighted by Crippen LogP contribution is -2.11. The third kappa shape index (κ3) is 4.46. The molecule has 4 nitrogen and oxygen atoms in total. The molecule has 7 heteroatoms. The minimum atomic E-state index is -4.15. The number of nitrogen functional groups attached to an aromatic ring is 1. The molecule has 0 saturated heterocycles. The van der Waals surface area contributed by atoms with Crippen LogP contribution >= 0.6 is 0 Å². The Bertz CT molecular complexity index is 368. The number of hydrogen-bond donors (Lipinski definition) is 1. The number of halogens is 3. The Morgan fingerprint density at radius 1 is 1.35 bits per heavy atom. The minimum Gasteiger partial charge on any atom is -0.477 e. The number of aromatic nitrogens is 2. The maximum absolute atomic E-state index is 11.9. The molecule has 0 atom stereocenters. The molecule has 0 bridgehead atoms. The Morgan fingerprint density at radius 2 is 2.06 bits per heavy atom. The lowest BCUT2D eigenvalue weighted by molar-refractivity contribution is -0.136. The van der Waals surface area contributed by atoms with Gasteiger partial charge in [0.25, 0.3) is 0 Å². The molecule has 2 N–H and O–H groups in total. The molecule has 1 aromatic rings. The third-order valence-corrected chi connectivity index (χ3v) is 2.14. The zero-order valence-electron chi connectivity index (χ0n) is 9.42. The average molecular weight is 249 g/mol. The summed E-state index contributed by atoms with van der Waals surface area (Å²) in [7, 11) is 0. The summed E-state index contributed by atoms with van der Waals surface area (Å²) in [5.41, 5.74) is 6.22. The molecule has 0 radical (unpaired) electrons. The van der Waals surface area contributed by atoms with Crippen molar-refractivity contribution in [2.45, 2.75) is 32.4 Å². The number of ether oxygens (including phenoxy) is 1. The van der Waals surface area contributed by atoms with Crippen molar-refractivity contribution in [1.29, 1.82) is 0 Å². The summed E-state index contributed by atoms with van der Waals surface area (Å²) in [6, 6.07) is 0. The molecule has 96 valence electrons. The lowest BCUT2D eigenvalue weighted by atomic mass is 10.2. The summed E-state index contributed by atoms with van der Waals surface area (Å²) in [6.45, 7) is 1.81. The van der Waals surface area contributed by atoms with Gasteiger partial charge in [-0.3, -0.25) is 0 Å². The topological polar surface area (TPSA) is 61.0 Å². The van der Waals surface area contributed by atoms with Gasteiger partial charge in [0.2, 0.25) is 5.88 Å². The van der Waals surface area contributed by atoms with Crippen molar-refractivity contribution in [3.63, 3.8) is 0 Å². The third-order valence-electron chi connectivity index (χ3n) is 2.14. The van der Waals surface area contributed by atoms with E-state index in [0.29, 0.717) is 17.8 Å². The number of hydrogen-bond acceptors (Lipinski definition) is 4. The quantitative estimate of drug-likeness (QED) is 0.813. The number of nitrogens with two attached hydrogens (primary N) is 1. The number of alkyl halides is 3. The van der Waals surface area contributed by atoms with Crippen LogP contribution in [0.2, 0.25) is 0 Å². The van der Waals surface area contributed by atoms with E-state index in [1.165, 1.54) is 6.33 Å². The SMILES string of the molecule is CCc1c(N)ncnc1OCCCC(F)(F)F. The molecular weight excluding hydrogens is 235 g/mol. The molecule has 0 fully saturated rings. The van der Waals surface area contributed by atoms with Crippen LogP contribution in [0.25, 0.3) is 0 Å². The molecule has 0 amide bonds. The van der Waals surface area contributed by atoms with Gasteiger partial charge in [0.1, 0.15) is 12.1 Å². The van der Waals surface area contributed by atoms with E-state index in [-0.39, 0.29) is 18.9 Å². The highest BCUT2D eigenvalue weighted by atomic mass is 19.4. The first-order valence-electron chi connectivity index (χ1n) is 5.23. The maximum Gasteiger partial charge on any atom is 0.389 e.